The van der Waals surface area contributed by atoms with Crippen molar-refractivity contribution in [3.8, 4) is 5.75 Å². The van der Waals surface area contributed by atoms with Gasteiger partial charge in [-0.3, -0.25) is 4.79 Å². The number of carbonyl (C=O) groups is 1. The van der Waals surface area contributed by atoms with Crippen molar-refractivity contribution < 1.29 is 9.53 Å². The number of methoxy groups -OCH3 is 1. The van der Waals surface area contributed by atoms with Gasteiger partial charge in [0, 0.05) is 25.3 Å². The lowest BCUT2D eigenvalue weighted by molar-refractivity contribution is 0.0748. The zero-order valence-electron chi connectivity index (χ0n) is 13.1. The highest BCUT2D eigenvalue weighted by atomic mass is 16.5. The van der Waals surface area contributed by atoms with E-state index in [2.05, 4.69) is 11.9 Å². The molecule has 0 radical (unpaired) electrons. The summed E-state index contributed by atoms with van der Waals surface area (Å²) < 4.78 is 5.11. The molecular weight excluding hydrogens is 266 g/mol. The lowest BCUT2D eigenvalue weighted by atomic mass is 9.96. The van der Waals surface area contributed by atoms with E-state index < -0.39 is 0 Å². The monoisotopic (exact) mass is 291 g/mol. The van der Waals surface area contributed by atoms with Crippen molar-refractivity contribution in [3.05, 3.63) is 23.8 Å². The summed E-state index contributed by atoms with van der Waals surface area (Å²) in [4.78, 5) is 16.6. The van der Waals surface area contributed by atoms with Crippen LogP contribution in [0.15, 0.2) is 18.2 Å². The summed E-state index contributed by atoms with van der Waals surface area (Å²) in [6.45, 7) is 3.01. The molecular formula is C16H25N3O2. The van der Waals surface area contributed by atoms with Crippen LogP contribution >= 0.6 is 0 Å². The number of anilines is 1. The Balaban J connectivity index is 1.99. The van der Waals surface area contributed by atoms with Crippen molar-refractivity contribution in [2.45, 2.75) is 12.8 Å². The van der Waals surface area contributed by atoms with E-state index in [-0.39, 0.29) is 5.91 Å². The molecule has 2 N–H and O–H groups in total. The summed E-state index contributed by atoms with van der Waals surface area (Å²) in [5.41, 5.74) is 6.97. The van der Waals surface area contributed by atoms with Crippen molar-refractivity contribution in [1.29, 1.82) is 0 Å². The fourth-order valence-electron chi connectivity index (χ4n) is 2.78. The molecule has 1 heterocycles. The molecule has 1 aromatic rings. The number of hydrogen-bond donors (Lipinski definition) is 1. The predicted molar refractivity (Wildman–Crippen MR) is 84.6 cm³/mol. The van der Waals surface area contributed by atoms with Crippen molar-refractivity contribution in [2.24, 2.45) is 5.92 Å². The number of piperidine rings is 1. The second-order valence-electron chi connectivity index (χ2n) is 5.89. The number of nitrogens with zero attached hydrogens (tertiary/aromatic N) is 2. The van der Waals surface area contributed by atoms with Crippen molar-refractivity contribution in [1.82, 2.24) is 9.80 Å². The highest BCUT2D eigenvalue weighted by Crippen LogP contribution is 2.22. The first-order valence-corrected chi connectivity index (χ1v) is 7.38. The molecule has 1 fully saturated rings. The smallest absolute Gasteiger partial charge is 0.255 e. The van der Waals surface area contributed by atoms with E-state index in [0.717, 1.165) is 32.5 Å². The first-order valence-electron chi connectivity index (χ1n) is 7.38. The van der Waals surface area contributed by atoms with Crippen LogP contribution in [-0.4, -0.2) is 56.5 Å². The molecule has 0 spiro atoms. The van der Waals surface area contributed by atoms with Crippen LogP contribution in [0.4, 0.5) is 5.69 Å². The topological polar surface area (TPSA) is 58.8 Å². The van der Waals surface area contributed by atoms with Crippen LogP contribution in [0.25, 0.3) is 0 Å². The van der Waals surface area contributed by atoms with Crippen molar-refractivity contribution >= 4 is 11.6 Å². The van der Waals surface area contributed by atoms with E-state index in [4.69, 9.17) is 10.5 Å². The minimum absolute atomic E-state index is 0.0194. The third-order valence-electron chi connectivity index (χ3n) is 4.21. The molecule has 1 saturated heterocycles. The van der Waals surface area contributed by atoms with Gasteiger partial charge in [-0.05, 0) is 51.0 Å². The Bertz CT molecular complexity index is 496. The van der Waals surface area contributed by atoms with Crippen LogP contribution in [0.5, 0.6) is 5.75 Å². The first-order chi connectivity index (χ1) is 10.0. The number of rotatable bonds is 4. The molecule has 0 atom stereocenters. The van der Waals surface area contributed by atoms with Gasteiger partial charge >= 0.3 is 0 Å². The number of nitrogens with two attached hydrogens (primary N) is 1. The molecule has 21 heavy (non-hydrogen) atoms. The van der Waals surface area contributed by atoms with Crippen LogP contribution in [0.2, 0.25) is 0 Å². The Morgan fingerprint density at radius 1 is 1.43 bits per heavy atom. The van der Waals surface area contributed by atoms with E-state index in [9.17, 15) is 4.79 Å². The molecule has 1 aliphatic rings. The molecule has 5 nitrogen and oxygen atoms in total. The fourth-order valence-corrected chi connectivity index (χ4v) is 2.78. The van der Waals surface area contributed by atoms with Gasteiger partial charge in [-0.15, -0.1) is 0 Å². The van der Waals surface area contributed by atoms with Gasteiger partial charge in [0.15, 0.2) is 0 Å². The Kier molecular flexibility index (Phi) is 5.07. The second kappa shape index (κ2) is 6.80. The number of benzene rings is 1. The molecule has 0 bridgehead atoms. The zero-order valence-corrected chi connectivity index (χ0v) is 13.1. The molecule has 1 amide bonds. The minimum Gasteiger partial charge on any atom is -0.497 e. The molecule has 5 heteroatoms. The zero-order chi connectivity index (χ0) is 15.4. The van der Waals surface area contributed by atoms with Gasteiger partial charge in [0.1, 0.15) is 5.75 Å². The third kappa shape index (κ3) is 3.88. The van der Waals surface area contributed by atoms with Crippen LogP contribution in [-0.2, 0) is 0 Å². The number of carbonyl (C=O) groups excluding carboxylic acids is 1. The third-order valence-corrected chi connectivity index (χ3v) is 4.21. The predicted octanol–water partition coefficient (Wildman–Crippen LogP) is 1.69. The molecule has 1 aromatic carbocycles. The largest absolute Gasteiger partial charge is 0.497 e. The van der Waals surface area contributed by atoms with Gasteiger partial charge in [-0.2, -0.15) is 0 Å². The molecule has 0 unspecified atom stereocenters. The van der Waals surface area contributed by atoms with Gasteiger partial charge in [-0.25, -0.2) is 0 Å². The second-order valence-corrected chi connectivity index (χ2v) is 5.89. The van der Waals surface area contributed by atoms with Gasteiger partial charge in [0.2, 0.25) is 0 Å². The quantitative estimate of drug-likeness (QED) is 0.858. The summed E-state index contributed by atoms with van der Waals surface area (Å²) in [5.74, 6) is 1.23. The van der Waals surface area contributed by atoms with Crippen LogP contribution < -0.4 is 10.5 Å². The SMILES string of the molecule is COc1ccc(C(=O)N(C)CC2CCN(C)CC2)c(N)c1. The van der Waals surface area contributed by atoms with E-state index in [1.54, 1.807) is 30.2 Å². The van der Waals surface area contributed by atoms with E-state index >= 15 is 0 Å². The highest BCUT2D eigenvalue weighted by molar-refractivity contribution is 5.99. The summed E-state index contributed by atoms with van der Waals surface area (Å²) in [7, 11) is 5.58. The van der Waals surface area contributed by atoms with Crippen LogP contribution in [0.1, 0.15) is 23.2 Å². The maximum atomic E-state index is 12.5. The Morgan fingerprint density at radius 2 is 2.10 bits per heavy atom. The van der Waals surface area contributed by atoms with Gasteiger partial charge < -0.3 is 20.3 Å². The highest BCUT2D eigenvalue weighted by Gasteiger charge is 2.22. The standard InChI is InChI=1S/C16H25N3O2/c1-18-8-6-12(7-9-18)11-19(2)16(20)14-5-4-13(21-3)10-15(14)17/h4-5,10,12H,6-9,11,17H2,1-3H3. The summed E-state index contributed by atoms with van der Waals surface area (Å²) >= 11 is 0. The maximum absolute atomic E-state index is 12.5. The van der Waals surface area contributed by atoms with E-state index in [1.807, 2.05) is 7.05 Å². The Hall–Kier alpha value is -1.75. The molecule has 2 rings (SSSR count). The number of nitrogen functional groups attached to an aromatic ring is 1. The molecule has 0 aliphatic carbocycles. The summed E-state index contributed by atoms with van der Waals surface area (Å²) in [6.07, 6.45) is 2.29. The van der Waals surface area contributed by atoms with E-state index in [0.29, 0.717) is 22.9 Å². The van der Waals surface area contributed by atoms with Crippen molar-refractivity contribution in [3.63, 3.8) is 0 Å². The van der Waals surface area contributed by atoms with Gasteiger partial charge in [0.05, 0.1) is 12.7 Å². The fraction of sp³-hybridized carbons (Fsp3) is 0.562. The lowest BCUT2D eigenvalue weighted by Crippen LogP contribution is -2.38. The molecule has 0 saturated carbocycles. The average Bonchev–Trinajstić information content (AvgIpc) is 2.48. The number of hydrogen-bond acceptors (Lipinski definition) is 4. The van der Waals surface area contributed by atoms with Crippen molar-refractivity contribution in [2.75, 3.05) is 46.6 Å². The lowest BCUT2D eigenvalue weighted by Gasteiger charge is -2.31. The molecule has 116 valence electrons. The number of likely N-dealkylation sites (tertiary alicyclic amines) is 1. The summed E-state index contributed by atoms with van der Waals surface area (Å²) in [5, 5.41) is 0. The maximum Gasteiger partial charge on any atom is 0.255 e. The average molecular weight is 291 g/mol. The normalized spacial score (nSPS) is 16.7. The van der Waals surface area contributed by atoms with Gasteiger partial charge in [0.25, 0.3) is 5.91 Å². The minimum atomic E-state index is -0.0194. The summed E-state index contributed by atoms with van der Waals surface area (Å²) in [6, 6.07) is 5.20. The number of amides is 1. The van der Waals surface area contributed by atoms with Crippen LogP contribution in [0, 0.1) is 5.92 Å². The molecule has 1 aliphatic heterocycles. The Morgan fingerprint density at radius 3 is 2.67 bits per heavy atom. The Labute approximate surface area is 126 Å². The van der Waals surface area contributed by atoms with Crippen LogP contribution in [0.3, 0.4) is 0 Å². The first kappa shape index (κ1) is 15.6. The van der Waals surface area contributed by atoms with Gasteiger partial charge in [-0.1, -0.05) is 0 Å². The molecule has 0 aromatic heterocycles. The van der Waals surface area contributed by atoms with E-state index in [1.165, 1.54) is 0 Å². The number of ether oxygens (including phenoxy) is 1.